The zero-order chi connectivity index (χ0) is 15.9. The lowest BCUT2D eigenvalue weighted by molar-refractivity contribution is 0.589. The maximum absolute atomic E-state index is 12.4. The molecule has 0 unspecified atom stereocenters. The van der Waals surface area contributed by atoms with Crippen molar-refractivity contribution in [3.05, 3.63) is 64.3 Å². The molecular weight excluding hydrogens is 292 g/mol. The van der Waals surface area contributed by atoms with Crippen molar-refractivity contribution >= 4 is 23.6 Å². The zero-order valence-corrected chi connectivity index (χ0v) is 13.8. The third-order valence-corrected chi connectivity index (χ3v) is 4.19. The van der Waals surface area contributed by atoms with Gasteiger partial charge in [0.05, 0.1) is 10.3 Å². The Hall–Kier alpha value is -2.00. The summed E-state index contributed by atoms with van der Waals surface area (Å²) >= 11 is 4.38. The first-order valence-electron chi connectivity index (χ1n) is 7.23. The van der Waals surface area contributed by atoms with Crippen molar-refractivity contribution in [2.24, 2.45) is 0 Å². The van der Waals surface area contributed by atoms with Crippen molar-refractivity contribution in [3.8, 4) is 11.3 Å². The molecule has 0 spiro atoms. The van der Waals surface area contributed by atoms with Crippen LogP contribution in [0.3, 0.4) is 0 Å². The van der Waals surface area contributed by atoms with E-state index in [-0.39, 0.29) is 10.8 Å². The molecule has 0 saturated carbocycles. The molecule has 3 rings (SSSR count). The number of benzene rings is 2. The monoisotopic (exact) mass is 310 g/mol. The Morgan fingerprint density at radius 2 is 1.59 bits per heavy atom. The highest BCUT2D eigenvalue weighted by atomic mass is 32.1. The summed E-state index contributed by atoms with van der Waals surface area (Å²) in [5, 5.41) is 0.558. The van der Waals surface area contributed by atoms with Crippen LogP contribution < -0.4 is 5.43 Å². The van der Waals surface area contributed by atoms with Crippen LogP contribution in [0.15, 0.2) is 62.6 Å². The van der Waals surface area contributed by atoms with Crippen LogP contribution in [0.5, 0.6) is 0 Å². The second kappa shape index (κ2) is 5.33. The SMILES string of the molecule is CC(C)(C)c1ccc(-c2oc3ccccc3c(=O)c2S)cc1. The highest BCUT2D eigenvalue weighted by Crippen LogP contribution is 2.30. The smallest absolute Gasteiger partial charge is 0.206 e. The van der Waals surface area contributed by atoms with Crippen LogP contribution in [-0.4, -0.2) is 0 Å². The van der Waals surface area contributed by atoms with Crippen molar-refractivity contribution in [2.45, 2.75) is 31.1 Å². The molecule has 0 aliphatic carbocycles. The van der Waals surface area contributed by atoms with E-state index in [4.69, 9.17) is 4.42 Å². The summed E-state index contributed by atoms with van der Waals surface area (Å²) in [6, 6.07) is 15.3. The van der Waals surface area contributed by atoms with E-state index in [2.05, 4.69) is 45.5 Å². The normalized spacial score (nSPS) is 11.8. The van der Waals surface area contributed by atoms with Crippen LogP contribution in [0.25, 0.3) is 22.3 Å². The fourth-order valence-electron chi connectivity index (χ4n) is 2.45. The molecule has 0 radical (unpaired) electrons. The summed E-state index contributed by atoms with van der Waals surface area (Å²) < 4.78 is 5.91. The minimum Gasteiger partial charge on any atom is -0.455 e. The molecule has 2 aromatic carbocycles. The van der Waals surface area contributed by atoms with Crippen molar-refractivity contribution in [2.75, 3.05) is 0 Å². The Labute approximate surface area is 135 Å². The van der Waals surface area contributed by atoms with Crippen molar-refractivity contribution < 1.29 is 4.42 Å². The molecule has 2 nitrogen and oxygen atoms in total. The number of hydrogen-bond acceptors (Lipinski definition) is 3. The Kier molecular flexibility index (Phi) is 3.61. The zero-order valence-electron chi connectivity index (χ0n) is 12.9. The first-order chi connectivity index (χ1) is 10.4. The molecule has 3 aromatic rings. The lowest BCUT2D eigenvalue weighted by Gasteiger charge is -2.19. The lowest BCUT2D eigenvalue weighted by atomic mass is 9.86. The highest BCUT2D eigenvalue weighted by Gasteiger charge is 2.16. The van der Waals surface area contributed by atoms with Gasteiger partial charge in [-0.25, -0.2) is 0 Å². The molecule has 0 fully saturated rings. The summed E-state index contributed by atoms with van der Waals surface area (Å²) in [7, 11) is 0. The standard InChI is InChI=1S/C19H18O2S/c1-19(2,3)13-10-8-12(9-11-13)17-18(22)16(20)14-6-4-5-7-15(14)21-17/h4-11,22H,1-3H3. The molecule has 0 aliphatic heterocycles. The summed E-state index contributed by atoms with van der Waals surface area (Å²) in [5.74, 6) is 0.521. The van der Waals surface area contributed by atoms with Gasteiger partial charge in [0.1, 0.15) is 5.58 Å². The highest BCUT2D eigenvalue weighted by molar-refractivity contribution is 7.80. The van der Waals surface area contributed by atoms with Crippen LogP contribution in [0.4, 0.5) is 0 Å². The van der Waals surface area contributed by atoms with Gasteiger partial charge in [-0.2, -0.15) is 0 Å². The van der Waals surface area contributed by atoms with Gasteiger partial charge in [0.15, 0.2) is 5.76 Å². The van der Waals surface area contributed by atoms with E-state index in [1.54, 1.807) is 12.1 Å². The third kappa shape index (κ3) is 2.57. The van der Waals surface area contributed by atoms with Crippen molar-refractivity contribution in [1.29, 1.82) is 0 Å². The molecule has 1 aromatic heterocycles. The number of hydrogen-bond donors (Lipinski definition) is 1. The topological polar surface area (TPSA) is 30.2 Å². The summed E-state index contributed by atoms with van der Waals surface area (Å²) in [6.45, 7) is 6.51. The second-order valence-corrected chi connectivity index (χ2v) is 6.88. The maximum Gasteiger partial charge on any atom is 0.206 e. The van der Waals surface area contributed by atoms with Gasteiger partial charge in [-0.15, -0.1) is 12.6 Å². The average molecular weight is 310 g/mol. The first kappa shape index (κ1) is 14.9. The lowest BCUT2D eigenvalue weighted by Crippen LogP contribution is -2.10. The van der Waals surface area contributed by atoms with Crippen LogP contribution in [-0.2, 0) is 5.41 Å². The van der Waals surface area contributed by atoms with Crippen LogP contribution in [0.1, 0.15) is 26.3 Å². The third-order valence-electron chi connectivity index (χ3n) is 3.79. The predicted octanol–water partition coefficient (Wildman–Crippen LogP) is 5.05. The minimum atomic E-state index is -0.0971. The largest absolute Gasteiger partial charge is 0.455 e. The predicted molar refractivity (Wildman–Crippen MR) is 93.9 cm³/mol. The molecule has 0 bridgehead atoms. The van der Waals surface area contributed by atoms with E-state index in [9.17, 15) is 4.79 Å². The number of para-hydroxylation sites is 1. The molecule has 3 heteroatoms. The van der Waals surface area contributed by atoms with Gasteiger partial charge in [-0.1, -0.05) is 57.2 Å². The van der Waals surface area contributed by atoms with E-state index >= 15 is 0 Å². The van der Waals surface area contributed by atoms with E-state index in [1.165, 1.54) is 5.56 Å². The van der Waals surface area contributed by atoms with Gasteiger partial charge in [-0.3, -0.25) is 4.79 Å². The molecule has 112 valence electrons. The van der Waals surface area contributed by atoms with Crippen LogP contribution >= 0.6 is 12.6 Å². The molecule has 0 amide bonds. The minimum absolute atomic E-state index is 0.0898. The Balaban J connectivity index is 2.18. The van der Waals surface area contributed by atoms with E-state index in [0.29, 0.717) is 21.6 Å². The molecule has 0 N–H and O–H groups in total. The summed E-state index contributed by atoms with van der Waals surface area (Å²) in [4.78, 5) is 12.8. The number of thiol groups is 1. The van der Waals surface area contributed by atoms with E-state index in [0.717, 1.165) is 5.56 Å². The van der Waals surface area contributed by atoms with E-state index < -0.39 is 0 Å². The van der Waals surface area contributed by atoms with Crippen molar-refractivity contribution in [1.82, 2.24) is 0 Å². The first-order valence-corrected chi connectivity index (χ1v) is 7.68. The second-order valence-electron chi connectivity index (χ2n) is 6.43. The molecule has 0 aliphatic rings. The van der Waals surface area contributed by atoms with Crippen LogP contribution in [0, 0.1) is 0 Å². The Bertz CT molecular complexity index is 884. The fraction of sp³-hybridized carbons (Fsp3) is 0.211. The van der Waals surface area contributed by atoms with Gasteiger partial charge in [0.25, 0.3) is 0 Å². The quantitative estimate of drug-likeness (QED) is 0.638. The summed E-state index contributed by atoms with van der Waals surface area (Å²) in [6.07, 6.45) is 0. The van der Waals surface area contributed by atoms with Gasteiger partial charge in [-0.05, 0) is 23.1 Å². The van der Waals surface area contributed by atoms with E-state index in [1.807, 2.05) is 24.3 Å². The van der Waals surface area contributed by atoms with Gasteiger partial charge >= 0.3 is 0 Å². The maximum atomic E-state index is 12.4. The van der Waals surface area contributed by atoms with Gasteiger partial charge < -0.3 is 4.42 Å². The van der Waals surface area contributed by atoms with Gasteiger partial charge in [0.2, 0.25) is 5.43 Å². The average Bonchev–Trinajstić information content (AvgIpc) is 2.50. The van der Waals surface area contributed by atoms with Gasteiger partial charge in [0, 0.05) is 5.56 Å². The summed E-state index contributed by atoms with van der Waals surface area (Å²) in [5.41, 5.74) is 2.67. The molecule has 0 saturated heterocycles. The molecule has 0 atom stereocenters. The molecule has 1 heterocycles. The fourth-order valence-corrected chi connectivity index (χ4v) is 2.74. The van der Waals surface area contributed by atoms with Crippen molar-refractivity contribution in [3.63, 3.8) is 0 Å². The van der Waals surface area contributed by atoms with Crippen LogP contribution in [0.2, 0.25) is 0 Å². The number of rotatable bonds is 1. The molecular formula is C19H18O2S. The molecule has 22 heavy (non-hydrogen) atoms. The Morgan fingerprint density at radius 3 is 2.23 bits per heavy atom. The Morgan fingerprint density at radius 1 is 0.955 bits per heavy atom. The number of fused-ring (bicyclic) bond motifs is 1.